The van der Waals surface area contributed by atoms with Crippen molar-refractivity contribution < 1.29 is 14.7 Å². The SMILES string of the molecule is O=C(N[C@@H](CO)C(=O)NC1CCCCCCC1)c1ccc2ccccc2c1. The van der Waals surface area contributed by atoms with Gasteiger partial charge in [-0.3, -0.25) is 9.59 Å². The molecule has 0 unspecified atom stereocenters. The first kappa shape index (κ1) is 19.4. The molecule has 0 heterocycles. The third-order valence-corrected chi connectivity index (χ3v) is 5.27. The zero-order chi connectivity index (χ0) is 19.1. The topological polar surface area (TPSA) is 78.4 Å². The van der Waals surface area contributed by atoms with Gasteiger partial charge in [-0.05, 0) is 35.7 Å². The van der Waals surface area contributed by atoms with E-state index in [1.54, 1.807) is 12.1 Å². The second-order valence-corrected chi connectivity index (χ2v) is 7.32. The Kier molecular flexibility index (Phi) is 6.82. The fourth-order valence-electron chi connectivity index (χ4n) is 3.67. The number of nitrogens with one attached hydrogen (secondary N) is 2. The standard InChI is InChI=1S/C22H28N2O3/c25-15-20(22(27)23-19-10-4-2-1-3-5-11-19)24-21(26)18-13-12-16-8-6-7-9-17(16)14-18/h6-9,12-14,19-20,25H,1-5,10-11,15H2,(H,23,27)(H,24,26)/t20-/m0/s1. The summed E-state index contributed by atoms with van der Waals surface area (Å²) in [5.74, 6) is -0.662. The van der Waals surface area contributed by atoms with Crippen molar-refractivity contribution in [2.75, 3.05) is 6.61 Å². The highest BCUT2D eigenvalue weighted by Crippen LogP contribution is 2.18. The highest BCUT2D eigenvalue weighted by molar-refractivity contribution is 6.00. The first-order valence-corrected chi connectivity index (χ1v) is 9.88. The monoisotopic (exact) mass is 368 g/mol. The molecule has 1 aliphatic carbocycles. The van der Waals surface area contributed by atoms with E-state index < -0.39 is 12.6 Å². The molecule has 0 saturated heterocycles. The summed E-state index contributed by atoms with van der Waals surface area (Å²) >= 11 is 0. The molecular weight excluding hydrogens is 340 g/mol. The number of aliphatic hydroxyl groups excluding tert-OH is 1. The number of benzene rings is 2. The first-order chi connectivity index (χ1) is 13.2. The summed E-state index contributed by atoms with van der Waals surface area (Å²) in [5.41, 5.74) is 0.478. The van der Waals surface area contributed by atoms with Gasteiger partial charge in [0.2, 0.25) is 5.91 Å². The molecule has 144 valence electrons. The lowest BCUT2D eigenvalue weighted by Gasteiger charge is -2.24. The predicted octanol–water partition coefficient (Wildman–Crippen LogP) is 3.16. The Bertz CT molecular complexity index is 782. The summed E-state index contributed by atoms with van der Waals surface area (Å²) in [5, 5.41) is 17.3. The zero-order valence-electron chi connectivity index (χ0n) is 15.6. The molecule has 27 heavy (non-hydrogen) atoms. The van der Waals surface area contributed by atoms with Gasteiger partial charge >= 0.3 is 0 Å². The fourth-order valence-corrected chi connectivity index (χ4v) is 3.67. The van der Waals surface area contributed by atoms with Crippen molar-refractivity contribution in [1.29, 1.82) is 0 Å². The van der Waals surface area contributed by atoms with Crippen LogP contribution in [0.4, 0.5) is 0 Å². The maximum atomic E-state index is 12.6. The van der Waals surface area contributed by atoms with Crippen LogP contribution in [0.2, 0.25) is 0 Å². The van der Waals surface area contributed by atoms with Crippen molar-refractivity contribution in [3.8, 4) is 0 Å². The second kappa shape index (κ2) is 9.51. The average Bonchev–Trinajstić information content (AvgIpc) is 2.67. The molecule has 0 aliphatic heterocycles. The van der Waals surface area contributed by atoms with Gasteiger partial charge < -0.3 is 15.7 Å². The van der Waals surface area contributed by atoms with Crippen LogP contribution >= 0.6 is 0 Å². The largest absolute Gasteiger partial charge is 0.394 e. The quantitative estimate of drug-likeness (QED) is 0.758. The van der Waals surface area contributed by atoms with Gasteiger partial charge in [-0.25, -0.2) is 0 Å². The van der Waals surface area contributed by atoms with Gasteiger partial charge in [0, 0.05) is 11.6 Å². The summed E-state index contributed by atoms with van der Waals surface area (Å²) in [7, 11) is 0. The van der Waals surface area contributed by atoms with E-state index in [0.29, 0.717) is 5.56 Å². The third kappa shape index (κ3) is 5.30. The Balaban J connectivity index is 1.62. The lowest BCUT2D eigenvalue weighted by molar-refractivity contribution is -0.124. The molecular formula is C22H28N2O3. The van der Waals surface area contributed by atoms with Crippen molar-refractivity contribution in [1.82, 2.24) is 10.6 Å². The van der Waals surface area contributed by atoms with Crippen LogP contribution in [0.15, 0.2) is 42.5 Å². The van der Waals surface area contributed by atoms with E-state index in [9.17, 15) is 14.7 Å². The van der Waals surface area contributed by atoms with Crippen LogP contribution in [0.25, 0.3) is 10.8 Å². The van der Waals surface area contributed by atoms with Gasteiger partial charge in [-0.2, -0.15) is 0 Å². The van der Waals surface area contributed by atoms with Crippen molar-refractivity contribution in [3.05, 3.63) is 48.0 Å². The molecule has 0 aromatic heterocycles. The van der Waals surface area contributed by atoms with Crippen LogP contribution in [-0.4, -0.2) is 35.6 Å². The molecule has 1 fully saturated rings. The number of carbonyl (C=O) groups excluding carboxylic acids is 2. The van der Waals surface area contributed by atoms with Crippen LogP contribution < -0.4 is 10.6 Å². The van der Waals surface area contributed by atoms with Crippen LogP contribution in [0.1, 0.15) is 55.3 Å². The number of hydrogen-bond acceptors (Lipinski definition) is 3. The number of hydrogen-bond donors (Lipinski definition) is 3. The molecule has 3 N–H and O–H groups in total. The number of aliphatic hydroxyl groups is 1. The Morgan fingerprint density at radius 1 is 0.963 bits per heavy atom. The van der Waals surface area contributed by atoms with Crippen LogP contribution in [0.5, 0.6) is 0 Å². The van der Waals surface area contributed by atoms with Gasteiger partial charge in [0.15, 0.2) is 0 Å². The number of carbonyl (C=O) groups is 2. The molecule has 2 amide bonds. The fraction of sp³-hybridized carbons (Fsp3) is 0.455. The van der Waals surface area contributed by atoms with E-state index in [4.69, 9.17) is 0 Å². The average molecular weight is 368 g/mol. The number of fused-ring (bicyclic) bond motifs is 1. The van der Waals surface area contributed by atoms with E-state index in [0.717, 1.165) is 36.5 Å². The molecule has 1 saturated carbocycles. The van der Waals surface area contributed by atoms with E-state index in [-0.39, 0.29) is 17.9 Å². The van der Waals surface area contributed by atoms with E-state index in [1.807, 2.05) is 30.3 Å². The van der Waals surface area contributed by atoms with Crippen LogP contribution in [0.3, 0.4) is 0 Å². The highest BCUT2D eigenvalue weighted by atomic mass is 16.3. The van der Waals surface area contributed by atoms with Crippen molar-refractivity contribution in [2.45, 2.75) is 57.0 Å². The molecule has 5 nitrogen and oxygen atoms in total. The molecule has 2 aromatic rings. The van der Waals surface area contributed by atoms with E-state index in [1.165, 1.54) is 19.3 Å². The summed E-state index contributed by atoms with van der Waals surface area (Å²) < 4.78 is 0. The number of rotatable bonds is 5. The first-order valence-electron chi connectivity index (χ1n) is 9.88. The Labute approximate surface area is 160 Å². The predicted molar refractivity (Wildman–Crippen MR) is 107 cm³/mol. The Hall–Kier alpha value is -2.40. The van der Waals surface area contributed by atoms with E-state index >= 15 is 0 Å². The molecule has 1 atom stereocenters. The lowest BCUT2D eigenvalue weighted by atomic mass is 9.96. The summed E-state index contributed by atoms with van der Waals surface area (Å²) in [6.45, 7) is -0.419. The van der Waals surface area contributed by atoms with Gasteiger partial charge in [-0.1, -0.05) is 62.4 Å². The Morgan fingerprint density at radius 2 is 1.63 bits per heavy atom. The maximum Gasteiger partial charge on any atom is 0.252 e. The van der Waals surface area contributed by atoms with Crippen molar-refractivity contribution >= 4 is 22.6 Å². The molecule has 0 spiro atoms. The maximum absolute atomic E-state index is 12.6. The minimum Gasteiger partial charge on any atom is -0.394 e. The third-order valence-electron chi connectivity index (χ3n) is 5.27. The normalized spacial score (nSPS) is 16.9. The smallest absolute Gasteiger partial charge is 0.252 e. The minimum absolute atomic E-state index is 0.129. The molecule has 3 rings (SSSR count). The Morgan fingerprint density at radius 3 is 2.33 bits per heavy atom. The van der Waals surface area contributed by atoms with Gasteiger partial charge in [-0.15, -0.1) is 0 Å². The van der Waals surface area contributed by atoms with Crippen molar-refractivity contribution in [3.63, 3.8) is 0 Å². The molecule has 0 radical (unpaired) electrons. The molecule has 0 bridgehead atoms. The van der Waals surface area contributed by atoms with Gasteiger partial charge in [0.1, 0.15) is 6.04 Å². The lowest BCUT2D eigenvalue weighted by Crippen LogP contribution is -2.51. The summed E-state index contributed by atoms with van der Waals surface area (Å²) in [6.07, 6.45) is 7.81. The van der Waals surface area contributed by atoms with Crippen molar-refractivity contribution in [2.24, 2.45) is 0 Å². The number of amides is 2. The molecule has 2 aromatic carbocycles. The molecule has 5 heteroatoms. The van der Waals surface area contributed by atoms with Gasteiger partial charge in [0.25, 0.3) is 5.91 Å². The summed E-state index contributed by atoms with van der Waals surface area (Å²) in [6, 6.07) is 12.4. The highest BCUT2D eigenvalue weighted by Gasteiger charge is 2.23. The second-order valence-electron chi connectivity index (χ2n) is 7.32. The van der Waals surface area contributed by atoms with Crippen LogP contribution in [0, 0.1) is 0 Å². The van der Waals surface area contributed by atoms with Crippen LogP contribution in [-0.2, 0) is 4.79 Å². The zero-order valence-corrected chi connectivity index (χ0v) is 15.6. The van der Waals surface area contributed by atoms with Gasteiger partial charge in [0.05, 0.1) is 6.61 Å². The molecule has 1 aliphatic rings. The minimum atomic E-state index is -0.936. The summed E-state index contributed by atoms with van der Waals surface area (Å²) in [4.78, 5) is 25.1. The van der Waals surface area contributed by atoms with E-state index in [2.05, 4.69) is 10.6 Å².